The third-order valence-corrected chi connectivity index (χ3v) is 5.23. The number of ether oxygens (including phenoxy) is 1. The molecule has 0 amide bonds. The fraction of sp³-hybridized carbons (Fsp3) is 0.900. The molecule has 0 saturated heterocycles. The van der Waals surface area contributed by atoms with E-state index in [2.05, 4.69) is 4.72 Å². The minimum atomic E-state index is -3.66. The number of sulfonamides is 1. The van der Waals surface area contributed by atoms with Crippen molar-refractivity contribution >= 4 is 16.0 Å². The largest absolute Gasteiger partial charge is 0.480 e. The second-order valence-electron chi connectivity index (χ2n) is 4.80. The van der Waals surface area contributed by atoms with E-state index >= 15 is 0 Å². The molecule has 1 rings (SSSR count). The SMILES string of the molecule is COCC1(S(=O)(=O)NC(C(=O)O)C(C)C)CC1. The van der Waals surface area contributed by atoms with Gasteiger partial charge in [-0.25, -0.2) is 13.1 Å². The van der Waals surface area contributed by atoms with Gasteiger partial charge in [0, 0.05) is 7.11 Å². The van der Waals surface area contributed by atoms with Crippen LogP contribution in [0.25, 0.3) is 0 Å². The van der Waals surface area contributed by atoms with Crippen molar-refractivity contribution in [3.8, 4) is 0 Å². The van der Waals surface area contributed by atoms with Gasteiger partial charge in [-0.1, -0.05) is 13.8 Å². The van der Waals surface area contributed by atoms with E-state index in [9.17, 15) is 13.2 Å². The molecular weight excluding hydrogens is 246 g/mol. The molecule has 0 bridgehead atoms. The molecule has 1 fully saturated rings. The van der Waals surface area contributed by atoms with Gasteiger partial charge in [0.2, 0.25) is 10.0 Å². The van der Waals surface area contributed by atoms with Crippen LogP contribution in [-0.4, -0.2) is 44.0 Å². The second kappa shape index (κ2) is 4.91. The molecular formula is C10H19NO5S. The number of rotatable bonds is 7. The maximum atomic E-state index is 12.1. The normalized spacial score (nSPS) is 20.2. The Bertz CT molecular complexity index is 386. The fourth-order valence-electron chi connectivity index (χ4n) is 1.66. The highest BCUT2D eigenvalue weighted by Gasteiger charge is 2.55. The molecule has 1 saturated carbocycles. The Morgan fingerprint density at radius 2 is 2.00 bits per heavy atom. The fourth-order valence-corrected chi connectivity index (χ4v) is 3.53. The Morgan fingerprint density at radius 3 is 2.29 bits per heavy atom. The molecule has 0 aromatic rings. The van der Waals surface area contributed by atoms with E-state index in [4.69, 9.17) is 9.84 Å². The number of carboxylic acids is 1. The number of nitrogens with one attached hydrogen (secondary N) is 1. The van der Waals surface area contributed by atoms with Crippen LogP contribution in [0.15, 0.2) is 0 Å². The lowest BCUT2D eigenvalue weighted by Gasteiger charge is -2.22. The first-order chi connectivity index (χ1) is 7.76. The van der Waals surface area contributed by atoms with Gasteiger partial charge in [0.25, 0.3) is 0 Å². The summed E-state index contributed by atoms with van der Waals surface area (Å²) in [4.78, 5) is 11.0. The van der Waals surface area contributed by atoms with Crippen molar-refractivity contribution in [3.63, 3.8) is 0 Å². The highest BCUT2D eigenvalue weighted by molar-refractivity contribution is 7.91. The molecule has 6 nitrogen and oxygen atoms in total. The van der Waals surface area contributed by atoms with Gasteiger partial charge in [0.05, 0.1) is 6.61 Å². The zero-order valence-electron chi connectivity index (χ0n) is 10.3. The van der Waals surface area contributed by atoms with Gasteiger partial charge in [-0.2, -0.15) is 0 Å². The molecule has 0 heterocycles. The van der Waals surface area contributed by atoms with E-state index in [-0.39, 0.29) is 12.5 Å². The lowest BCUT2D eigenvalue weighted by Crippen LogP contribution is -2.49. The molecule has 1 aliphatic rings. The van der Waals surface area contributed by atoms with Crippen LogP contribution in [0, 0.1) is 5.92 Å². The third-order valence-electron chi connectivity index (χ3n) is 3.00. The van der Waals surface area contributed by atoms with E-state index in [0.717, 1.165) is 0 Å². The molecule has 1 atom stereocenters. The first-order valence-corrected chi connectivity index (χ1v) is 6.98. The highest BCUT2D eigenvalue weighted by atomic mass is 32.2. The van der Waals surface area contributed by atoms with Gasteiger partial charge >= 0.3 is 5.97 Å². The van der Waals surface area contributed by atoms with Crippen LogP contribution in [-0.2, 0) is 19.6 Å². The molecule has 100 valence electrons. The Morgan fingerprint density at radius 1 is 1.47 bits per heavy atom. The number of hydrogen-bond acceptors (Lipinski definition) is 4. The zero-order valence-corrected chi connectivity index (χ0v) is 11.1. The molecule has 0 aromatic heterocycles. The van der Waals surface area contributed by atoms with Crippen molar-refractivity contribution in [3.05, 3.63) is 0 Å². The van der Waals surface area contributed by atoms with Crippen LogP contribution in [0.2, 0.25) is 0 Å². The van der Waals surface area contributed by atoms with Gasteiger partial charge < -0.3 is 9.84 Å². The molecule has 0 spiro atoms. The smallest absolute Gasteiger partial charge is 0.321 e. The maximum absolute atomic E-state index is 12.1. The quantitative estimate of drug-likeness (QED) is 0.685. The summed E-state index contributed by atoms with van der Waals surface area (Å²) in [6, 6.07) is -1.09. The number of carbonyl (C=O) groups is 1. The van der Waals surface area contributed by atoms with E-state index < -0.39 is 26.8 Å². The summed E-state index contributed by atoms with van der Waals surface area (Å²) in [7, 11) is -2.22. The van der Waals surface area contributed by atoms with Crippen molar-refractivity contribution in [2.45, 2.75) is 37.5 Å². The first kappa shape index (κ1) is 14.4. The van der Waals surface area contributed by atoms with Crippen molar-refractivity contribution < 1.29 is 23.1 Å². The monoisotopic (exact) mass is 265 g/mol. The minimum absolute atomic E-state index is 0.104. The zero-order chi connectivity index (χ0) is 13.3. The summed E-state index contributed by atoms with van der Waals surface area (Å²) < 4.78 is 30.4. The molecule has 2 N–H and O–H groups in total. The average Bonchev–Trinajstić information content (AvgIpc) is 2.95. The van der Waals surface area contributed by atoms with Crippen LogP contribution in [0.1, 0.15) is 26.7 Å². The molecule has 1 unspecified atom stereocenters. The summed E-state index contributed by atoms with van der Waals surface area (Å²) >= 11 is 0. The van der Waals surface area contributed by atoms with Crippen molar-refractivity contribution in [1.82, 2.24) is 4.72 Å². The number of aliphatic carboxylic acids is 1. The summed E-state index contributed by atoms with van der Waals surface area (Å²) in [6.07, 6.45) is 1.03. The summed E-state index contributed by atoms with van der Waals surface area (Å²) in [5, 5.41) is 8.96. The Labute approximate surface area is 101 Å². The first-order valence-electron chi connectivity index (χ1n) is 5.49. The van der Waals surface area contributed by atoms with Gasteiger partial charge in [-0.3, -0.25) is 4.79 Å². The summed E-state index contributed by atoms with van der Waals surface area (Å²) in [5.74, 6) is -1.46. The molecule has 1 aliphatic carbocycles. The van der Waals surface area contributed by atoms with Crippen molar-refractivity contribution in [2.75, 3.05) is 13.7 Å². The van der Waals surface area contributed by atoms with E-state index in [1.54, 1.807) is 13.8 Å². The second-order valence-corrected chi connectivity index (χ2v) is 6.91. The average molecular weight is 265 g/mol. The maximum Gasteiger partial charge on any atom is 0.321 e. The van der Waals surface area contributed by atoms with E-state index in [0.29, 0.717) is 12.8 Å². The number of methoxy groups -OCH3 is 1. The lowest BCUT2D eigenvalue weighted by molar-refractivity contribution is -0.140. The Hall–Kier alpha value is -0.660. The minimum Gasteiger partial charge on any atom is -0.480 e. The Balaban J connectivity index is 2.82. The summed E-state index contributed by atoms with van der Waals surface area (Å²) in [6.45, 7) is 3.43. The molecule has 0 aliphatic heterocycles. The molecule has 17 heavy (non-hydrogen) atoms. The van der Waals surface area contributed by atoms with E-state index in [1.165, 1.54) is 7.11 Å². The van der Waals surface area contributed by atoms with Crippen molar-refractivity contribution in [2.24, 2.45) is 5.92 Å². The van der Waals surface area contributed by atoms with Crippen LogP contribution in [0.4, 0.5) is 0 Å². The van der Waals surface area contributed by atoms with Crippen LogP contribution >= 0.6 is 0 Å². The third kappa shape index (κ3) is 2.97. The Kier molecular flexibility index (Phi) is 4.16. The highest BCUT2D eigenvalue weighted by Crippen LogP contribution is 2.43. The van der Waals surface area contributed by atoms with E-state index in [1.807, 2.05) is 0 Å². The van der Waals surface area contributed by atoms with Crippen molar-refractivity contribution in [1.29, 1.82) is 0 Å². The van der Waals surface area contributed by atoms with Crippen LogP contribution in [0.5, 0.6) is 0 Å². The van der Waals surface area contributed by atoms with Gasteiger partial charge in [0.1, 0.15) is 10.8 Å². The van der Waals surface area contributed by atoms with Gasteiger partial charge in [-0.05, 0) is 18.8 Å². The molecule has 7 heteroatoms. The van der Waals surface area contributed by atoms with Crippen LogP contribution < -0.4 is 4.72 Å². The molecule has 0 radical (unpaired) electrons. The number of carboxylic acid groups (broad SMARTS) is 1. The molecule has 0 aromatic carbocycles. The lowest BCUT2D eigenvalue weighted by atomic mass is 10.1. The van der Waals surface area contributed by atoms with Gasteiger partial charge in [-0.15, -0.1) is 0 Å². The number of hydrogen-bond donors (Lipinski definition) is 2. The predicted molar refractivity (Wildman–Crippen MR) is 62.2 cm³/mol. The standard InChI is InChI=1S/C10H19NO5S/c1-7(2)8(9(12)13)11-17(14,15)10(4-5-10)6-16-3/h7-8,11H,4-6H2,1-3H3,(H,12,13). The van der Waals surface area contributed by atoms with Crippen LogP contribution in [0.3, 0.4) is 0 Å². The summed E-state index contributed by atoms with van der Waals surface area (Å²) in [5.41, 5.74) is 0. The van der Waals surface area contributed by atoms with Gasteiger partial charge in [0.15, 0.2) is 0 Å². The predicted octanol–water partition coefficient (Wildman–Crippen LogP) is 0.194. The topological polar surface area (TPSA) is 92.7 Å².